The van der Waals surface area contributed by atoms with E-state index in [0.29, 0.717) is 27.5 Å². The third-order valence-electron chi connectivity index (χ3n) is 3.78. The van der Waals surface area contributed by atoms with Crippen molar-refractivity contribution in [3.05, 3.63) is 65.8 Å². The number of likely N-dealkylation sites (N-methyl/N-ethyl adjacent to an activating group) is 1. The van der Waals surface area contributed by atoms with E-state index in [4.69, 9.17) is 11.6 Å². The fraction of sp³-hybridized carbons (Fsp3) is 0.0556. The summed E-state index contributed by atoms with van der Waals surface area (Å²) >= 11 is 6.07. The lowest BCUT2D eigenvalue weighted by atomic mass is 10.1. The molecule has 2 N–H and O–H groups in total. The number of carbonyl (C=O) groups excluding carboxylic acids is 2. The highest BCUT2D eigenvalue weighted by Gasteiger charge is 2.12. The number of amides is 2. The third kappa shape index (κ3) is 3.39. The summed E-state index contributed by atoms with van der Waals surface area (Å²) in [5.41, 5.74) is 2.37. The number of anilines is 2. The van der Waals surface area contributed by atoms with Crippen LogP contribution in [0, 0.1) is 0 Å². The number of nitrogens with one attached hydrogen (secondary N) is 2. The van der Waals surface area contributed by atoms with E-state index in [2.05, 4.69) is 22.1 Å². The first kappa shape index (κ1) is 16.7. The van der Waals surface area contributed by atoms with Gasteiger partial charge in [0.25, 0.3) is 5.91 Å². The highest BCUT2D eigenvalue weighted by Crippen LogP contribution is 2.26. The maximum atomic E-state index is 12.5. The van der Waals surface area contributed by atoms with Gasteiger partial charge in [0.05, 0.1) is 17.4 Å². The molecule has 0 atom stereocenters. The van der Waals surface area contributed by atoms with E-state index < -0.39 is 0 Å². The Labute approximate surface area is 149 Å². The monoisotopic (exact) mass is 354 g/mol. The van der Waals surface area contributed by atoms with E-state index in [1.54, 1.807) is 49.6 Å². The van der Waals surface area contributed by atoms with Gasteiger partial charge in [0.2, 0.25) is 5.91 Å². The first-order chi connectivity index (χ1) is 12.0. The molecule has 0 aliphatic heterocycles. The fourth-order valence-electron chi connectivity index (χ4n) is 2.41. The summed E-state index contributed by atoms with van der Waals surface area (Å²) in [6, 6.07) is 10.1. The fourth-order valence-corrected chi connectivity index (χ4v) is 2.64. The van der Waals surface area contributed by atoms with Gasteiger partial charge in [0.15, 0.2) is 0 Å². The maximum Gasteiger partial charge on any atom is 0.255 e. The zero-order valence-electron chi connectivity index (χ0n) is 13.4. The summed E-state index contributed by atoms with van der Waals surface area (Å²) in [4.78, 5) is 25.5. The molecule has 0 bridgehead atoms. The molecule has 0 fully saturated rings. The topological polar surface area (TPSA) is 78.1 Å². The molecule has 7 heteroatoms. The number of nitrogens with zero attached hydrogens (tertiary/aromatic N) is 2. The van der Waals surface area contributed by atoms with Crippen molar-refractivity contribution in [1.82, 2.24) is 10.2 Å². The summed E-state index contributed by atoms with van der Waals surface area (Å²) in [7, 11) is 1.64. The minimum Gasteiger partial charge on any atom is -0.320 e. The Hall–Kier alpha value is -3.12. The van der Waals surface area contributed by atoms with Crippen molar-refractivity contribution < 1.29 is 9.59 Å². The van der Waals surface area contributed by atoms with Crippen molar-refractivity contribution in [2.45, 2.75) is 0 Å². The lowest BCUT2D eigenvalue weighted by molar-refractivity contribution is -0.113. The molecule has 3 rings (SSSR count). The van der Waals surface area contributed by atoms with Crippen LogP contribution in [0.1, 0.15) is 10.4 Å². The molecule has 0 aliphatic rings. The van der Waals surface area contributed by atoms with Crippen molar-refractivity contribution in [3.63, 3.8) is 0 Å². The summed E-state index contributed by atoms with van der Waals surface area (Å²) in [6.45, 7) is 3.45. The van der Waals surface area contributed by atoms with Crippen LogP contribution in [-0.4, -0.2) is 29.1 Å². The predicted octanol–water partition coefficient (Wildman–Crippen LogP) is 3.62. The minimum absolute atomic E-state index is 0.224. The lowest BCUT2D eigenvalue weighted by Crippen LogP contribution is -2.23. The van der Waals surface area contributed by atoms with Gasteiger partial charge in [0.1, 0.15) is 0 Å². The zero-order valence-corrected chi connectivity index (χ0v) is 14.2. The Morgan fingerprint density at radius 2 is 2.00 bits per heavy atom. The van der Waals surface area contributed by atoms with Crippen LogP contribution in [-0.2, 0) is 4.79 Å². The number of hydrogen-bond donors (Lipinski definition) is 2. The van der Waals surface area contributed by atoms with Crippen LogP contribution in [0.2, 0.25) is 5.02 Å². The first-order valence-electron chi connectivity index (χ1n) is 7.44. The van der Waals surface area contributed by atoms with E-state index >= 15 is 0 Å². The van der Waals surface area contributed by atoms with E-state index in [1.165, 1.54) is 11.0 Å². The molecule has 6 nitrogen and oxygen atoms in total. The molecule has 3 aromatic rings. The lowest BCUT2D eigenvalue weighted by Gasteiger charge is -2.15. The van der Waals surface area contributed by atoms with Gasteiger partial charge in [-0.15, -0.1) is 0 Å². The zero-order chi connectivity index (χ0) is 18.0. The Kier molecular flexibility index (Phi) is 4.54. The highest BCUT2D eigenvalue weighted by atomic mass is 35.5. The second kappa shape index (κ2) is 6.78. The first-order valence-corrected chi connectivity index (χ1v) is 7.81. The summed E-state index contributed by atoms with van der Waals surface area (Å²) in [5, 5.41) is 10.9. The molecule has 0 aliphatic carbocycles. The Morgan fingerprint density at radius 1 is 1.28 bits per heavy atom. The molecule has 126 valence electrons. The Balaban J connectivity index is 1.82. The molecule has 1 aromatic heterocycles. The van der Waals surface area contributed by atoms with Crippen molar-refractivity contribution in [1.29, 1.82) is 0 Å². The standard InChI is InChI=1S/C18H15ClN4O2/c1-3-16(24)23(2)14-6-4-11(5-7-14)18(25)21-15-9-13(19)8-12-10-20-22-17(12)15/h3-10H,1H2,2H3,(H,20,22)(H,21,25). The summed E-state index contributed by atoms with van der Waals surface area (Å²) < 4.78 is 0. The van der Waals surface area contributed by atoms with Crippen LogP contribution >= 0.6 is 11.6 Å². The summed E-state index contributed by atoms with van der Waals surface area (Å²) in [6.07, 6.45) is 2.87. The average Bonchev–Trinajstić information content (AvgIpc) is 3.09. The van der Waals surface area contributed by atoms with Gasteiger partial charge < -0.3 is 10.2 Å². The van der Waals surface area contributed by atoms with Gasteiger partial charge in [-0.25, -0.2) is 0 Å². The quantitative estimate of drug-likeness (QED) is 0.702. The number of rotatable bonds is 4. The number of benzene rings is 2. The predicted molar refractivity (Wildman–Crippen MR) is 99.1 cm³/mol. The van der Waals surface area contributed by atoms with Crippen LogP contribution in [0.25, 0.3) is 10.9 Å². The van der Waals surface area contributed by atoms with Crippen LogP contribution in [0.3, 0.4) is 0 Å². The number of aromatic amines is 1. The van der Waals surface area contributed by atoms with Crippen molar-refractivity contribution in [3.8, 4) is 0 Å². The molecule has 1 heterocycles. The largest absolute Gasteiger partial charge is 0.320 e. The van der Waals surface area contributed by atoms with E-state index in [-0.39, 0.29) is 11.8 Å². The molecule has 0 saturated heterocycles. The van der Waals surface area contributed by atoms with Crippen LogP contribution in [0.4, 0.5) is 11.4 Å². The molecule has 0 spiro atoms. The molecule has 0 saturated carbocycles. The molecule has 2 aromatic carbocycles. The number of hydrogen-bond acceptors (Lipinski definition) is 3. The van der Waals surface area contributed by atoms with E-state index in [0.717, 1.165) is 5.39 Å². The van der Waals surface area contributed by atoms with Crippen LogP contribution in [0.15, 0.2) is 55.3 Å². The van der Waals surface area contributed by atoms with Crippen molar-refractivity contribution in [2.24, 2.45) is 0 Å². The Bertz CT molecular complexity index is 963. The van der Waals surface area contributed by atoms with Gasteiger partial charge in [-0.05, 0) is 42.5 Å². The number of H-pyrrole nitrogens is 1. The number of halogens is 1. The second-order valence-electron chi connectivity index (χ2n) is 5.39. The number of carbonyl (C=O) groups is 2. The highest BCUT2D eigenvalue weighted by molar-refractivity contribution is 6.32. The molecular weight excluding hydrogens is 340 g/mol. The Morgan fingerprint density at radius 3 is 2.68 bits per heavy atom. The average molecular weight is 355 g/mol. The van der Waals surface area contributed by atoms with Crippen molar-refractivity contribution >= 4 is 45.7 Å². The number of fused-ring (bicyclic) bond motifs is 1. The second-order valence-corrected chi connectivity index (χ2v) is 5.83. The molecule has 2 amide bonds. The maximum absolute atomic E-state index is 12.5. The van der Waals surface area contributed by atoms with Crippen LogP contribution in [0.5, 0.6) is 0 Å². The van der Waals surface area contributed by atoms with Gasteiger partial charge in [-0.3, -0.25) is 14.7 Å². The SMILES string of the molecule is C=CC(=O)N(C)c1ccc(C(=O)Nc2cc(Cl)cc3cn[nH]c23)cc1. The summed E-state index contributed by atoms with van der Waals surface area (Å²) in [5.74, 6) is -0.514. The van der Waals surface area contributed by atoms with E-state index in [9.17, 15) is 9.59 Å². The van der Waals surface area contributed by atoms with Gasteiger partial charge >= 0.3 is 0 Å². The molecule has 0 radical (unpaired) electrons. The molecular formula is C18H15ClN4O2. The normalized spacial score (nSPS) is 10.5. The van der Waals surface area contributed by atoms with Crippen LogP contribution < -0.4 is 10.2 Å². The van der Waals surface area contributed by atoms with Gasteiger partial charge in [-0.1, -0.05) is 18.2 Å². The third-order valence-corrected chi connectivity index (χ3v) is 4.00. The molecule has 25 heavy (non-hydrogen) atoms. The minimum atomic E-state index is -0.289. The smallest absolute Gasteiger partial charge is 0.255 e. The van der Waals surface area contributed by atoms with E-state index in [1.807, 2.05) is 0 Å². The number of aromatic nitrogens is 2. The van der Waals surface area contributed by atoms with Crippen molar-refractivity contribution in [2.75, 3.05) is 17.3 Å². The van der Waals surface area contributed by atoms with Gasteiger partial charge in [0, 0.05) is 28.7 Å². The molecule has 0 unspecified atom stereocenters. The van der Waals surface area contributed by atoms with Gasteiger partial charge in [-0.2, -0.15) is 5.10 Å².